The number of halogens is 1. The number of nitrogens with one attached hydrogen (secondary N) is 1. The third-order valence-corrected chi connectivity index (χ3v) is 5.54. The summed E-state index contributed by atoms with van der Waals surface area (Å²) < 4.78 is 14.4. The van der Waals surface area contributed by atoms with Gasteiger partial charge in [-0.25, -0.2) is 9.29 Å². The summed E-state index contributed by atoms with van der Waals surface area (Å²) in [4.78, 5) is 26.9. The molecule has 0 bridgehead atoms. The van der Waals surface area contributed by atoms with E-state index in [2.05, 4.69) is 5.32 Å². The highest BCUT2D eigenvalue weighted by molar-refractivity contribution is 7.80. The second kappa shape index (κ2) is 8.13. The Morgan fingerprint density at radius 3 is 2.03 bits per heavy atom. The first-order chi connectivity index (χ1) is 14.7. The van der Waals surface area contributed by atoms with Crippen LogP contribution in [0.15, 0.2) is 42.0 Å². The van der Waals surface area contributed by atoms with E-state index in [0.29, 0.717) is 16.7 Å². The number of carbonyl (C=O) groups is 2. The normalized spacial score (nSPS) is 16.5. The summed E-state index contributed by atoms with van der Waals surface area (Å²) in [5.74, 6) is -1.81. The van der Waals surface area contributed by atoms with Crippen LogP contribution in [0.2, 0.25) is 0 Å². The third-order valence-electron chi connectivity index (χ3n) is 5.25. The predicted molar refractivity (Wildman–Crippen MR) is 128 cm³/mol. The number of para-hydroxylation sites is 1. The lowest BCUT2D eigenvalue weighted by Crippen LogP contribution is -2.54. The van der Waals surface area contributed by atoms with Crippen LogP contribution in [0.1, 0.15) is 58.2 Å². The van der Waals surface area contributed by atoms with Crippen molar-refractivity contribution >= 4 is 40.9 Å². The first-order valence-corrected chi connectivity index (χ1v) is 10.7. The molecule has 0 radical (unpaired) electrons. The molecule has 2 N–H and O–H groups in total. The van der Waals surface area contributed by atoms with Crippen LogP contribution in [0.25, 0.3) is 6.08 Å². The number of carbonyl (C=O) groups excluding carboxylic acids is 2. The first kappa shape index (κ1) is 23.6. The van der Waals surface area contributed by atoms with E-state index < -0.39 is 17.6 Å². The SMILES string of the molecule is CC(C)(C)c1cc(/C=C2\C(=O)NC(=S)N(c3ccccc3F)C2=O)cc(C(C)(C)C)c1O. The van der Waals surface area contributed by atoms with Gasteiger partial charge in [-0.15, -0.1) is 0 Å². The summed E-state index contributed by atoms with van der Waals surface area (Å²) in [6.45, 7) is 11.8. The fourth-order valence-electron chi connectivity index (χ4n) is 3.56. The van der Waals surface area contributed by atoms with Crippen LogP contribution in [0.5, 0.6) is 5.75 Å². The maximum Gasteiger partial charge on any atom is 0.270 e. The Bertz CT molecular complexity index is 1120. The van der Waals surface area contributed by atoms with Gasteiger partial charge in [-0.05, 0) is 59.0 Å². The van der Waals surface area contributed by atoms with Crippen LogP contribution in [-0.2, 0) is 20.4 Å². The summed E-state index contributed by atoms with van der Waals surface area (Å²) in [6.07, 6.45) is 1.46. The van der Waals surface area contributed by atoms with Gasteiger partial charge in [-0.1, -0.05) is 53.7 Å². The van der Waals surface area contributed by atoms with E-state index in [-0.39, 0.29) is 33.0 Å². The molecule has 168 valence electrons. The average molecular weight is 455 g/mol. The number of amides is 2. The lowest BCUT2D eigenvalue weighted by atomic mass is 9.78. The lowest BCUT2D eigenvalue weighted by molar-refractivity contribution is -0.122. The van der Waals surface area contributed by atoms with Crippen molar-refractivity contribution in [2.75, 3.05) is 4.90 Å². The van der Waals surface area contributed by atoms with E-state index >= 15 is 0 Å². The van der Waals surface area contributed by atoms with Crippen molar-refractivity contribution in [1.29, 1.82) is 0 Å². The number of nitrogens with zero attached hydrogens (tertiary/aromatic N) is 1. The van der Waals surface area contributed by atoms with Crippen LogP contribution >= 0.6 is 12.2 Å². The molecule has 1 saturated heterocycles. The van der Waals surface area contributed by atoms with E-state index in [1.807, 2.05) is 41.5 Å². The van der Waals surface area contributed by atoms with E-state index in [0.717, 1.165) is 4.90 Å². The summed E-state index contributed by atoms with van der Waals surface area (Å²) >= 11 is 5.14. The highest BCUT2D eigenvalue weighted by Crippen LogP contribution is 2.40. The van der Waals surface area contributed by atoms with Gasteiger partial charge in [-0.2, -0.15) is 0 Å². The molecule has 2 aromatic rings. The number of anilines is 1. The quantitative estimate of drug-likeness (QED) is 0.382. The molecule has 0 saturated carbocycles. The van der Waals surface area contributed by atoms with Crippen molar-refractivity contribution in [2.45, 2.75) is 52.4 Å². The molecule has 0 aliphatic carbocycles. The summed E-state index contributed by atoms with van der Waals surface area (Å²) in [5.41, 5.74) is 1.01. The van der Waals surface area contributed by atoms with Crippen molar-refractivity contribution < 1.29 is 19.1 Å². The zero-order valence-corrected chi connectivity index (χ0v) is 19.9. The Hall–Kier alpha value is -3.06. The fraction of sp³-hybridized carbons (Fsp3) is 0.320. The second-order valence-electron chi connectivity index (χ2n) is 9.87. The van der Waals surface area contributed by atoms with E-state index in [1.54, 1.807) is 18.2 Å². The minimum absolute atomic E-state index is 0.0372. The largest absolute Gasteiger partial charge is 0.507 e. The Balaban J connectivity index is 2.18. The highest BCUT2D eigenvalue weighted by atomic mass is 32.1. The molecule has 0 aromatic heterocycles. The van der Waals surface area contributed by atoms with Gasteiger partial charge in [0.25, 0.3) is 11.8 Å². The Morgan fingerprint density at radius 2 is 1.53 bits per heavy atom. The van der Waals surface area contributed by atoms with Gasteiger partial charge in [-0.3, -0.25) is 14.9 Å². The van der Waals surface area contributed by atoms with Crippen molar-refractivity contribution in [3.63, 3.8) is 0 Å². The Kier molecular flexibility index (Phi) is 6.00. The van der Waals surface area contributed by atoms with Crippen LogP contribution in [-0.4, -0.2) is 22.0 Å². The summed E-state index contributed by atoms with van der Waals surface area (Å²) in [6, 6.07) is 9.25. The molecule has 0 spiro atoms. The maximum absolute atomic E-state index is 14.4. The lowest BCUT2D eigenvalue weighted by Gasteiger charge is -2.30. The van der Waals surface area contributed by atoms with Gasteiger partial charge in [0, 0.05) is 11.1 Å². The minimum atomic E-state index is -0.716. The predicted octanol–water partition coefficient (Wildman–Crippen LogP) is 4.96. The third kappa shape index (κ3) is 4.43. The second-order valence-corrected chi connectivity index (χ2v) is 10.3. The molecular weight excluding hydrogens is 427 g/mol. The molecule has 1 fully saturated rings. The van der Waals surface area contributed by atoms with Gasteiger partial charge in [0.2, 0.25) is 0 Å². The number of thiocarbonyl (C=S) groups is 1. The van der Waals surface area contributed by atoms with Crippen LogP contribution in [0.3, 0.4) is 0 Å². The molecule has 2 amide bonds. The standard InChI is InChI=1S/C25H27FN2O3S/c1-24(2,3)16-12-14(13-17(20(16)29)25(4,5)6)11-15-21(30)27-23(32)28(22(15)31)19-10-8-7-9-18(19)26/h7-13,29H,1-6H3,(H,27,30,32)/b15-11+. The number of hydrogen-bond acceptors (Lipinski definition) is 4. The fourth-order valence-corrected chi connectivity index (χ4v) is 3.83. The first-order valence-electron chi connectivity index (χ1n) is 10.3. The topological polar surface area (TPSA) is 69.6 Å². The molecule has 7 heteroatoms. The van der Waals surface area contributed by atoms with Crippen molar-refractivity contribution in [1.82, 2.24) is 5.32 Å². The van der Waals surface area contributed by atoms with Crippen LogP contribution in [0, 0.1) is 5.82 Å². The molecule has 0 atom stereocenters. The zero-order valence-electron chi connectivity index (χ0n) is 19.0. The number of aromatic hydroxyl groups is 1. The van der Waals surface area contributed by atoms with Gasteiger partial charge < -0.3 is 5.11 Å². The molecule has 3 rings (SSSR count). The minimum Gasteiger partial charge on any atom is -0.507 e. The molecule has 1 aliphatic heterocycles. The van der Waals surface area contributed by atoms with Gasteiger partial charge in [0.15, 0.2) is 5.11 Å². The van der Waals surface area contributed by atoms with Gasteiger partial charge in [0.1, 0.15) is 17.1 Å². The number of benzene rings is 2. The molecule has 32 heavy (non-hydrogen) atoms. The van der Waals surface area contributed by atoms with E-state index in [4.69, 9.17) is 12.2 Å². The molecule has 1 aliphatic rings. The van der Waals surface area contributed by atoms with Crippen LogP contribution in [0.4, 0.5) is 10.1 Å². The van der Waals surface area contributed by atoms with Gasteiger partial charge in [0.05, 0.1) is 5.69 Å². The molecule has 1 heterocycles. The Labute approximate surface area is 192 Å². The van der Waals surface area contributed by atoms with Crippen LogP contribution < -0.4 is 10.2 Å². The summed E-state index contributed by atoms with van der Waals surface area (Å²) in [5, 5.41) is 13.2. The monoisotopic (exact) mass is 454 g/mol. The smallest absolute Gasteiger partial charge is 0.270 e. The van der Waals surface area contributed by atoms with Crippen molar-refractivity contribution in [2.24, 2.45) is 0 Å². The molecular formula is C25H27FN2O3S. The van der Waals surface area contributed by atoms with E-state index in [1.165, 1.54) is 24.3 Å². The van der Waals surface area contributed by atoms with Crippen molar-refractivity contribution in [3.8, 4) is 5.75 Å². The van der Waals surface area contributed by atoms with E-state index in [9.17, 15) is 19.1 Å². The summed E-state index contributed by atoms with van der Waals surface area (Å²) in [7, 11) is 0. The van der Waals surface area contributed by atoms with Gasteiger partial charge >= 0.3 is 0 Å². The molecule has 2 aromatic carbocycles. The number of phenolic OH excluding ortho intramolecular Hbond substituents is 1. The number of hydrogen-bond donors (Lipinski definition) is 2. The number of rotatable bonds is 2. The highest BCUT2D eigenvalue weighted by Gasteiger charge is 2.36. The number of phenols is 1. The van der Waals surface area contributed by atoms with Crippen molar-refractivity contribution in [3.05, 3.63) is 64.5 Å². The maximum atomic E-state index is 14.4. The molecule has 5 nitrogen and oxygen atoms in total. The molecule has 0 unspecified atom stereocenters. The average Bonchev–Trinajstić information content (AvgIpc) is 2.65. The Morgan fingerprint density at radius 1 is 1.00 bits per heavy atom. The zero-order chi connectivity index (χ0) is 24.0.